The van der Waals surface area contributed by atoms with Gasteiger partial charge in [0.05, 0.1) is 11.1 Å². The molecule has 0 amide bonds. The van der Waals surface area contributed by atoms with Crippen molar-refractivity contribution in [2.75, 3.05) is 38.1 Å². The van der Waals surface area contributed by atoms with E-state index in [1.165, 1.54) is 35.4 Å². The molecular weight excluding hydrogens is 387 g/mol. The Morgan fingerprint density at radius 3 is 2.48 bits per heavy atom. The van der Waals surface area contributed by atoms with E-state index in [0.29, 0.717) is 11.6 Å². The third-order valence-corrected chi connectivity index (χ3v) is 7.28. The molecule has 2 aliphatic rings. The zero-order valence-electron chi connectivity index (χ0n) is 16.7. The monoisotopic (exact) mass is 412 g/mol. The molecular formula is C22H25FN4OS. The van der Waals surface area contributed by atoms with Gasteiger partial charge in [-0.3, -0.25) is 4.79 Å². The number of anilines is 1. The molecule has 29 heavy (non-hydrogen) atoms. The van der Waals surface area contributed by atoms with E-state index in [0.717, 1.165) is 55.7 Å². The maximum absolute atomic E-state index is 13.8. The van der Waals surface area contributed by atoms with Gasteiger partial charge in [0.1, 0.15) is 10.6 Å². The van der Waals surface area contributed by atoms with Crippen molar-refractivity contribution in [3.05, 3.63) is 50.9 Å². The molecule has 1 aromatic carbocycles. The molecule has 0 bridgehead atoms. The highest BCUT2D eigenvalue weighted by Gasteiger charge is 2.25. The highest BCUT2D eigenvalue weighted by atomic mass is 32.1. The van der Waals surface area contributed by atoms with Gasteiger partial charge >= 0.3 is 0 Å². The summed E-state index contributed by atoms with van der Waals surface area (Å²) < 4.78 is 15.3. The Morgan fingerprint density at radius 1 is 1.00 bits per heavy atom. The Kier molecular flexibility index (Phi) is 4.87. The Bertz CT molecular complexity index is 1100. The summed E-state index contributed by atoms with van der Waals surface area (Å²) in [6.07, 6.45) is 5.49. The standard InChI is InChI=1S/C22H25FN4OS/c1-25-11-13-26(14-12-25)22-24-20-19(17-5-3-2-4-6-18(17)29-20)21(28)27(22)16-9-7-15(23)8-10-16/h7-10H,2-6,11-14H2,1H3. The maximum atomic E-state index is 13.8. The zero-order valence-corrected chi connectivity index (χ0v) is 17.5. The number of thiophene rings is 1. The summed E-state index contributed by atoms with van der Waals surface area (Å²) in [6, 6.07) is 6.17. The fraction of sp³-hybridized carbons (Fsp3) is 0.455. The molecule has 3 aromatic rings. The quantitative estimate of drug-likeness (QED) is 0.603. The minimum atomic E-state index is -0.304. The summed E-state index contributed by atoms with van der Waals surface area (Å²) in [5.41, 5.74) is 1.85. The third kappa shape index (κ3) is 3.36. The van der Waals surface area contributed by atoms with E-state index >= 15 is 0 Å². The minimum absolute atomic E-state index is 0.0186. The number of piperazine rings is 1. The maximum Gasteiger partial charge on any atom is 0.268 e. The predicted molar refractivity (Wildman–Crippen MR) is 116 cm³/mol. The van der Waals surface area contributed by atoms with E-state index in [1.807, 2.05) is 0 Å². The number of halogens is 1. The molecule has 1 fully saturated rings. The predicted octanol–water partition coefficient (Wildman–Crippen LogP) is 3.61. The highest BCUT2D eigenvalue weighted by Crippen LogP contribution is 2.34. The molecule has 0 unspecified atom stereocenters. The Hall–Kier alpha value is -2.25. The molecule has 0 spiro atoms. The van der Waals surface area contributed by atoms with Crippen LogP contribution in [0.25, 0.3) is 15.9 Å². The number of hydrogen-bond acceptors (Lipinski definition) is 5. The molecule has 152 valence electrons. The molecule has 2 aromatic heterocycles. The highest BCUT2D eigenvalue weighted by molar-refractivity contribution is 7.18. The lowest BCUT2D eigenvalue weighted by atomic mass is 10.1. The van der Waals surface area contributed by atoms with E-state index in [1.54, 1.807) is 28.0 Å². The number of likely N-dealkylation sites (N-methyl/N-ethyl adjacent to an activating group) is 1. The van der Waals surface area contributed by atoms with Gasteiger partial charge in [-0.15, -0.1) is 11.3 Å². The molecule has 3 heterocycles. The van der Waals surface area contributed by atoms with Crippen molar-refractivity contribution in [1.29, 1.82) is 0 Å². The van der Waals surface area contributed by atoms with Crippen molar-refractivity contribution < 1.29 is 4.39 Å². The van der Waals surface area contributed by atoms with Gasteiger partial charge in [0.25, 0.3) is 5.56 Å². The van der Waals surface area contributed by atoms with Gasteiger partial charge in [-0.05, 0) is 62.6 Å². The molecule has 5 rings (SSSR count). The van der Waals surface area contributed by atoms with Gasteiger partial charge in [0.15, 0.2) is 0 Å². The van der Waals surface area contributed by atoms with Gasteiger partial charge < -0.3 is 9.80 Å². The average Bonchev–Trinajstić information content (AvgIpc) is 2.91. The normalized spacial score (nSPS) is 18.1. The summed E-state index contributed by atoms with van der Waals surface area (Å²) >= 11 is 1.69. The number of hydrogen-bond donors (Lipinski definition) is 0. The number of aromatic nitrogens is 2. The van der Waals surface area contributed by atoms with E-state index in [2.05, 4.69) is 16.8 Å². The molecule has 0 N–H and O–H groups in total. The van der Waals surface area contributed by atoms with Crippen molar-refractivity contribution in [3.63, 3.8) is 0 Å². The minimum Gasteiger partial charge on any atom is -0.339 e. The van der Waals surface area contributed by atoms with E-state index < -0.39 is 0 Å². The van der Waals surface area contributed by atoms with Crippen molar-refractivity contribution in [1.82, 2.24) is 14.5 Å². The Balaban J connectivity index is 1.74. The third-order valence-electron chi connectivity index (χ3n) is 6.09. The lowest BCUT2D eigenvalue weighted by Crippen LogP contribution is -2.46. The zero-order chi connectivity index (χ0) is 20.0. The van der Waals surface area contributed by atoms with Crippen LogP contribution < -0.4 is 10.5 Å². The second-order valence-corrected chi connectivity index (χ2v) is 9.15. The van der Waals surface area contributed by atoms with Crippen LogP contribution in [0.5, 0.6) is 0 Å². The van der Waals surface area contributed by atoms with Crippen molar-refractivity contribution in [2.24, 2.45) is 0 Å². The van der Waals surface area contributed by atoms with Gasteiger partial charge in [0.2, 0.25) is 5.95 Å². The Labute approximate surface area is 173 Å². The van der Waals surface area contributed by atoms with Crippen LogP contribution in [-0.2, 0) is 12.8 Å². The summed E-state index contributed by atoms with van der Waals surface area (Å²) in [5.74, 6) is 0.375. The molecule has 0 saturated carbocycles. The van der Waals surface area contributed by atoms with Crippen LogP contribution in [0.15, 0.2) is 29.1 Å². The summed E-state index contributed by atoms with van der Waals surface area (Å²) in [6.45, 7) is 3.50. The van der Waals surface area contributed by atoms with Crippen LogP contribution in [0.1, 0.15) is 29.7 Å². The van der Waals surface area contributed by atoms with Gasteiger partial charge in [-0.25, -0.2) is 13.9 Å². The molecule has 7 heteroatoms. The smallest absolute Gasteiger partial charge is 0.268 e. The summed E-state index contributed by atoms with van der Waals surface area (Å²) in [4.78, 5) is 25.4. The van der Waals surface area contributed by atoms with E-state index in [4.69, 9.17) is 4.98 Å². The topological polar surface area (TPSA) is 41.4 Å². The second-order valence-electron chi connectivity index (χ2n) is 8.06. The fourth-order valence-corrected chi connectivity index (χ4v) is 5.66. The van der Waals surface area contributed by atoms with Gasteiger partial charge in [0, 0.05) is 31.1 Å². The first-order valence-corrected chi connectivity index (χ1v) is 11.2. The first-order chi connectivity index (χ1) is 14.1. The summed E-state index contributed by atoms with van der Waals surface area (Å²) in [7, 11) is 2.11. The van der Waals surface area contributed by atoms with Crippen molar-refractivity contribution in [3.8, 4) is 5.69 Å². The van der Waals surface area contributed by atoms with Crippen LogP contribution in [0.3, 0.4) is 0 Å². The molecule has 0 radical (unpaired) electrons. The number of fused-ring (bicyclic) bond motifs is 3. The van der Waals surface area contributed by atoms with Crippen LogP contribution in [-0.4, -0.2) is 47.7 Å². The average molecular weight is 413 g/mol. The van der Waals surface area contributed by atoms with Gasteiger partial charge in [-0.2, -0.15) is 0 Å². The van der Waals surface area contributed by atoms with Crippen molar-refractivity contribution >= 4 is 27.5 Å². The number of rotatable bonds is 2. The first-order valence-electron chi connectivity index (χ1n) is 10.4. The van der Waals surface area contributed by atoms with Crippen LogP contribution in [0.4, 0.5) is 10.3 Å². The molecule has 0 atom stereocenters. The lowest BCUT2D eigenvalue weighted by Gasteiger charge is -2.34. The first kappa shape index (κ1) is 18.8. The van der Waals surface area contributed by atoms with Crippen molar-refractivity contribution in [2.45, 2.75) is 32.1 Å². The second kappa shape index (κ2) is 7.54. The fourth-order valence-electron chi connectivity index (χ4n) is 4.41. The van der Waals surface area contributed by atoms with E-state index in [-0.39, 0.29) is 11.4 Å². The molecule has 5 nitrogen and oxygen atoms in total. The summed E-state index contributed by atoms with van der Waals surface area (Å²) in [5, 5.41) is 0.772. The number of aryl methyl sites for hydroxylation is 2. The largest absolute Gasteiger partial charge is 0.339 e. The Morgan fingerprint density at radius 2 is 1.72 bits per heavy atom. The lowest BCUT2D eigenvalue weighted by molar-refractivity contribution is 0.310. The molecule has 1 saturated heterocycles. The van der Waals surface area contributed by atoms with E-state index in [9.17, 15) is 9.18 Å². The molecule has 1 aliphatic carbocycles. The van der Waals surface area contributed by atoms with Crippen LogP contribution in [0.2, 0.25) is 0 Å². The van der Waals surface area contributed by atoms with Crippen LogP contribution >= 0.6 is 11.3 Å². The molecule has 1 aliphatic heterocycles. The number of nitrogens with zero attached hydrogens (tertiary/aromatic N) is 4. The SMILES string of the molecule is CN1CCN(c2nc3sc4c(c3c(=O)n2-c2ccc(F)cc2)CCCCC4)CC1. The number of benzene rings is 1. The van der Waals surface area contributed by atoms with Crippen LogP contribution in [0, 0.1) is 5.82 Å². The van der Waals surface area contributed by atoms with Gasteiger partial charge in [-0.1, -0.05) is 6.42 Å².